The maximum absolute atomic E-state index is 13.1. The second-order valence-electron chi connectivity index (χ2n) is 10.0. The van der Waals surface area contributed by atoms with Crippen LogP contribution in [0.1, 0.15) is 49.7 Å². The van der Waals surface area contributed by atoms with Crippen molar-refractivity contribution in [1.29, 1.82) is 0 Å². The Bertz CT molecular complexity index is 1090. The zero-order valence-electron chi connectivity index (χ0n) is 18.3. The Kier molecular flexibility index (Phi) is 4.72. The van der Waals surface area contributed by atoms with Crippen molar-refractivity contribution in [3.8, 4) is 5.75 Å². The number of rotatable bonds is 4. The molecule has 4 saturated carbocycles. The lowest BCUT2D eigenvalue weighted by molar-refractivity contribution is -0.113. The summed E-state index contributed by atoms with van der Waals surface area (Å²) >= 11 is 0.999. The summed E-state index contributed by atoms with van der Waals surface area (Å²) in [4.78, 5) is 27.4. The highest BCUT2D eigenvalue weighted by Crippen LogP contribution is 2.61. The van der Waals surface area contributed by atoms with Crippen molar-refractivity contribution >= 4 is 34.7 Å². The molecule has 1 aliphatic heterocycles. The number of methoxy groups -OCH3 is 1. The number of anilines is 1. The van der Waals surface area contributed by atoms with Gasteiger partial charge >= 0.3 is 0 Å². The summed E-state index contributed by atoms with van der Waals surface area (Å²) in [7, 11) is 1.66. The summed E-state index contributed by atoms with van der Waals surface area (Å²) < 4.78 is 5.64. The Balaban J connectivity index is 1.36. The normalized spacial score (nSPS) is 32.2. The van der Waals surface area contributed by atoms with Gasteiger partial charge in [-0.25, -0.2) is 4.90 Å². The Morgan fingerprint density at radius 2 is 1.62 bits per heavy atom. The minimum atomic E-state index is -0.270. The van der Waals surface area contributed by atoms with Gasteiger partial charge in [-0.15, -0.1) is 0 Å². The predicted molar refractivity (Wildman–Crippen MR) is 128 cm³/mol. The van der Waals surface area contributed by atoms with Crippen LogP contribution in [0.25, 0.3) is 6.08 Å². The molecule has 1 saturated heterocycles. The van der Waals surface area contributed by atoms with E-state index < -0.39 is 0 Å². The van der Waals surface area contributed by atoms with Gasteiger partial charge in [0.1, 0.15) is 5.75 Å². The van der Waals surface area contributed by atoms with Gasteiger partial charge in [0.25, 0.3) is 11.1 Å². The van der Waals surface area contributed by atoms with E-state index in [9.17, 15) is 9.59 Å². The number of benzene rings is 2. The molecule has 4 aliphatic carbocycles. The second-order valence-corrected chi connectivity index (χ2v) is 11.0. The molecule has 5 fully saturated rings. The van der Waals surface area contributed by atoms with Gasteiger partial charge in [0.05, 0.1) is 17.7 Å². The summed E-state index contributed by atoms with van der Waals surface area (Å²) in [5.41, 5.74) is 3.14. The lowest BCUT2D eigenvalue weighted by Gasteiger charge is -2.57. The van der Waals surface area contributed by atoms with E-state index in [2.05, 4.69) is 12.1 Å². The largest absolute Gasteiger partial charge is 0.496 e. The first-order valence-corrected chi connectivity index (χ1v) is 12.4. The predicted octanol–water partition coefficient (Wildman–Crippen LogP) is 6.40. The van der Waals surface area contributed by atoms with Crippen LogP contribution in [0.2, 0.25) is 0 Å². The molecule has 5 heteroatoms. The zero-order valence-corrected chi connectivity index (χ0v) is 19.1. The number of hydrogen-bond acceptors (Lipinski definition) is 4. The molecule has 0 spiro atoms. The molecule has 4 nitrogen and oxygen atoms in total. The fourth-order valence-electron chi connectivity index (χ4n) is 7.05. The first-order valence-electron chi connectivity index (χ1n) is 11.6. The van der Waals surface area contributed by atoms with Crippen molar-refractivity contribution in [2.75, 3.05) is 12.0 Å². The average Bonchev–Trinajstić information content (AvgIpc) is 3.06. The molecule has 2 aromatic carbocycles. The summed E-state index contributed by atoms with van der Waals surface area (Å²) in [6, 6.07) is 15.6. The van der Waals surface area contributed by atoms with Crippen molar-refractivity contribution in [3.63, 3.8) is 0 Å². The molecule has 32 heavy (non-hydrogen) atoms. The Morgan fingerprint density at radius 3 is 2.25 bits per heavy atom. The van der Waals surface area contributed by atoms with Gasteiger partial charge in [-0.05, 0) is 109 Å². The van der Waals surface area contributed by atoms with Gasteiger partial charge < -0.3 is 4.74 Å². The van der Waals surface area contributed by atoms with Crippen LogP contribution in [0.15, 0.2) is 53.4 Å². The molecule has 0 aromatic heterocycles. The third-order valence-corrected chi connectivity index (χ3v) is 8.84. The van der Waals surface area contributed by atoms with Crippen LogP contribution in [0, 0.1) is 17.8 Å². The van der Waals surface area contributed by atoms with Crippen molar-refractivity contribution < 1.29 is 14.3 Å². The molecular formula is C27H27NO3S. The summed E-state index contributed by atoms with van der Waals surface area (Å²) in [5.74, 6) is 3.08. The van der Waals surface area contributed by atoms with E-state index in [4.69, 9.17) is 4.74 Å². The van der Waals surface area contributed by atoms with Crippen LogP contribution >= 0.6 is 11.8 Å². The minimum absolute atomic E-state index is 0.261. The van der Waals surface area contributed by atoms with Crippen molar-refractivity contribution in [3.05, 3.63) is 64.6 Å². The van der Waals surface area contributed by atoms with Gasteiger partial charge in [0.15, 0.2) is 0 Å². The number of carbonyl (C=O) groups excluding carboxylic acids is 2. The first kappa shape index (κ1) is 20.1. The van der Waals surface area contributed by atoms with Crippen LogP contribution in [0.3, 0.4) is 0 Å². The molecule has 2 amide bonds. The van der Waals surface area contributed by atoms with Crippen molar-refractivity contribution in [2.24, 2.45) is 17.8 Å². The number of thioether (sulfide) groups is 1. The van der Waals surface area contributed by atoms with Gasteiger partial charge in [-0.2, -0.15) is 0 Å². The van der Waals surface area contributed by atoms with Gasteiger partial charge in [-0.3, -0.25) is 9.59 Å². The van der Waals surface area contributed by atoms with Gasteiger partial charge in [0, 0.05) is 5.56 Å². The molecular weight excluding hydrogens is 418 g/mol. The smallest absolute Gasteiger partial charge is 0.298 e. The number of ether oxygens (including phenoxy) is 1. The molecule has 0 radical (unpaired) electrons. The minimum Gasteiger partial charge on any atom is -0.496 e. The molecule has 5 aliphatic rings. The third-order valence-electron chi connectivity index (χ3n) is 7.98. The lowest BCUT2D eigenvalue weighted by Crippen LogP contribution is -2.48. The highest BCUT2D eigenvalue weighted by atomic mass is 32.2. The lowest BCUT2D eigenvalue weighted by atomic mass is 9.48. The SMILES string of the molecule is COc1ccc(C23CC4CC(CC(C4)C2)C3)cc1/C=C1\SC(=O)N(c2ccccc2)C1=O. The summed E-state index contributed by atoms with van der Waals surface area (Å²) in [6.07, 6.45) is 9.94. The van der Waals surface area contributed by atoms with Crippen LogP contribution in [-0.2, 0) is 10.2 Å². The molecule has 164 valence electrons. The summed E-state index contributed by atoms with van der Waals surface area (Å²) in [6.45, 7) is 0. The van der Waals surface area contributed by atoms with E-state index in [-0.39, 0.29) is 16.6 Å². The molecule has 0 N–H and O–H groups in total. The highest BCUT2D eigenvalue weighted by Gasteiger charge is 2.51. The van der Waals surface area contributed by atoms with Crippen molar-refractivity contribution in [2.45, 2.75) is 43.9 Å². The molecule has 4 bridgehead atoms. The number of amides is 2. The van der Waals surface area contributed by atoms with E-state index in [0.29, 0.717) is 10.6 Å². The maximum Gasteiger partial charge on any atom is 0.298 e. The molecule has 0 unspecified atom stereocenters. The highest BCUT2D eigenvalue weighted by molar-refractivity contribution is 8.19. The quantitative estimate of drug-likeness (QED) is 0.511. The fourth-order valence-corrected chi connectivity index (χ4v) is 7.88. The first-order chi connectivity index (χ1) is 15.5. The van der Waals surface area contributed by atoms with Gasteiger partial charge in [0.2, 0.25) is 0 Å². The number of hydrogen-bond donors (Lipinski definition) is 0. The monoisotopic (exact) mass is 445 g/mol. The summed E-state index contributed by atoms with van der Waals surface area (Å²) in [5, 5.41) is -0.261. The number of nitrogens with zero attached hydrogens (tertiary/aromatic N) is 1. The molecule has 1 heterocycles. The van der Waals surface area contributed by atoms with E-state index in [1.807, 2.05) is 30.3 Å². The topological polar surface area (TPSA) is 46.6 Å². The third kappa shape index (κ3) is 3.21. The van der Waals surface area contributed by atoms with Crippen LogP contribution < -0.4 is 9.64 Å². The Hall–Kier alpha value is -2.53. The number of imide groups is 1. The van der Waals surface area contributed by atoms with E-state index >= 15 is 0 Å². The fraction of sp³-hybridized carbons (Fsp3) is 0.407. The van der Waals surface area contributed by atoms with Crippen LogP contribution in [-0.4, -0.2) is 18.3 Å². The molecule has 2 aromatic rings. The van der Waals surface area contributed by atoms with Crippen LogP contribution in [0.4, 0.5) is 10.5 Å². The maximum atomic E-state index is 13.1. The van der Waals surface area contributed by atoms with E-state index in [0.717, 1.165) is 40.8 Å². The van der Waals surface area contributed by atoms with Crippen LogP contribution in [0.5, 0.6) is 5.75 Å². The van der Waals surface area contributed by atoms with Gasteiger partial charge in [-0.1, -0.05) is 24.3 Å². The Labute approximate surface area is 193 Å². The molecule has 7 rings (SSSR count). The zero-order chi connectivity index (χ0) is 21.9. The average molecular weight is 446 g/mol. The van der Waals surface area contributed by atoms with E-state index in [1.54, 1.807) is 19.2 Å². The number of para-hydroxylation sites is 1. The van der Waals surface area contributed by atoms with Crippen molar-refractivity contribution in [1.82, 2.24) is 0 Å². The van der Waals surface area contributed by atoms with E-state index in [1.165, 1.54) is 49.0 Å². The second kappa shape index (κ2) is 7.51. The standard InChI is InChI=1S/C27H27NO3S/c1-31-23-8-7-21(27-14-17-9-18(15-27)11-19(10-17)16-27)12-20(23)13-24-25(29)28(26(30)32-24)22-5-3-2-4-6-22/h2-8,12-13,17-19H,9-11,14-16H2,1H3/b24-13-. The number of carbonyl (C=O) groups is 2. The molecule has 0 atom stereocenters. The Morgan fingerprint density at radius 1 is 0.969 bits per heavy atom.